The number of aliphatic hydroxyl groups excluding tert-OH is 1. The van der Waals surface area contributed by atoms with Gasteiger partial charge in [0.25, 0.3) is 0 Å². The lowest BCUT2D eigenvalue weighted by atomic mass is 10.1. The van der Waals surface area contributed by atoms with Gasteiger partial charge in [0.2, 0.25) is 0 Å². The lowest BCUT2D eigenvalue weighted by molar-refractivity contribution is -0.150. The normalized spacial score (nSPS) is 37.9. The third-order valence-corrected chi connectivity index (χ3v) is 3.45. The van der Waals surface area contributed by atoms with Crippen LogP contribution in [0.4, 0.5) is 0 Å². The first-order valence-electron chi connectivity index (χ1n) is 6.45. The van der Waals surface area contributed by atoms with Crippen LogP contribution >= 0.6 is 0 Å². The summed E-state index contributed by atoms with van der Waals surface area (Å²) in [4.78, 5) is 13.0. The van der Waals surface area contributed by atoms with E-state index >= 15 is 0 Å². The minimum atomic E-state index is -0.874. The summed E-state index contributed by atoms with van der Waals surface area (Å²) < 4.78 is 11.0. The Morgan fingerprint density at radius 3 is 2.67 bits per heavy atom. The smallest absolute Gasteiger partial charge is 0.332 e. The van der Waals surface area contributed by atoms with Crippen molar-refractivity contribution in [1.29, 1.82) is 0 Å². The molecule has 2 fully saturated rings. The summed E-state index contributed by atoms with van der Waals surface area (Å²) in [6.45, 7) is 4.19. The molecule has 6 heteroatoms. The average molecular weight is 259 g/mol. The van der Waals surface area contributed by atoms with Gasteiger partial charge in [-0.15, -0.1) is 0 Å². The number of aliphatic hydroxyl groups is 1. The maximum Gasteiger partial charge on any atom is 0.332 e. The lowest BCUT2D eigenvalue weighted by Crippen LogP contribution is -2.50. The molecule has 4 atom stereocenters. The summed E-state index contributed by atoms with van der Waals surface area (Å²) in [7, 11) is 0. The van der Waals surface area contributed by atoms with E-state index in [9.17, 15) is 4.79 Å². The zero-order valence-corrected chi connectivity index (χ0v) is 10.6. The van der Waals surface area contributed by atoms with Crippen LogP contribution < -0.4 is 0 Å². The van der Waals surface area contributed by atoms with Gasteiger partial charge in [-0.05, 0) is 19.8 Å². The van der Waals surface area contributed by atoms with E-state index in [4.69, 9.17) is 19.7 Å². The van der Waals surface area contributed by atoms with Gasteiger partial charge in [-0.1, -0.05) is 0 Å². The van der Waals surface area contributed by atoms with Crippen molar-refractivity contribution in [3.8, 4) is 0 Å². The van der Waals surface area contributed by atoms with Gasteiger partial charge < -0.3 is 19.7 Å². The number of nitrogens with zero attached hydrogens (tertiary/aromatic N) is 1. The number of rotatable bonds is 4. The summed E-state index contributed by atoms with van der Waals surface area (Å²) >= 11 is 0. The molecule has 18 heavy (non-hydrogen) atoms. The molecule has 2 aliphatic heterocycles. The minimum absolute atomic E-state index is 0.0178. The SMILES string of the molecule is CC1CN(CC2CCC(C(=O)O)O2)CC(CO)O1. The number of carbonyl (C=O) groups is 1. The quantitative estimate of drug-likeness (QED) is 0.721. The molecular formula is C12H21NO5. The van der Waals surface area contributed by atoms with Gasteiger partial charge in [0.1, 0.15) is 0 Å². The molecule has 0 radical (unpaired) electrons. The molecule has 0 bridgehead atoms. The molecule has 4 unspecified atom stereocenters. The Morgan fingerprint density at radius 2 is 2.06 bits per heavy atom. The number of morpholine rings is 1. The summed E-state index contributed by atoms with van der Waals surface area (Å²) in [6.07, 6.45) is 0.645. The van der Waals surface area contributed by atoms with E-state index in [-0.39, 0.29) is 24.9 Å². The van der Waals surface area contributed by atoms with Crippen LogP contribution in [0.1, 0.15) is 19.8 Å². The Kier molecular flexibility index (Phi) is 4.55. The molecule has 2 N–H and O–H groups in total. The fourth-order valence-corrected chi connectivity index (χ4v) is 2.70. The van der Waals surface area contributed by atoms with Crippen molar-refractivity contribution in [3.63, 3.8) is 0 Å². The molecule has 0 aliphatic carbocycles. The van der Waals surface area contributed by atoms with Crippen LogP contribution in [0.3, 0.4) is 0 Å². The highest BCUT2D eigenvalue weighted by molar-refractivity contribution is 5.72. The van der Waals surface area contributed by atoms with Crippen LogP contribution in [-0.2, 0) is 14.3 Å². The van der Waals surface area contributed by atoms with E-state index in [0.717, 1.165) is 13.0 Å². The molecule has 2 aliphatic rings. The molecule has 104 valence electrons. The molecule has 0 saturated carbocycles. The molecule has 0 spiro atoms. The number of aliphatic carboxylic acids is 1. The van der Waals surface area contributed by atoms with E-state index in [1.54, 1.807) is 0 Å². The molecule has 0 amide bonds. The van der Waals surface area contributed by atoms with Gasteiger partial charge in [-0.25, -0.2) is 4.79 Å². The molecule has 2 heterocycles. The van der Waals surface area contributed by atoms with Gasteiger partial charge in [0.05, 0.1) is 24.9 Å². The van der Waals surface area contributed by atoms with Gasteiger partial charge in [-0.3, -0.25) is 4.90 Å². The number of hydrogen-bond acceptors (Lipinski definition) is 5. The third kappa shape index (κ3) is 3.41. The molecule has 0 aromatic rings. The summed E-state index contributed by atoms with van der Waals surface area (Å²) in [5.74, 6) is -0.874. The first-order valence-corrected chi connectivity index (χ1v) is 6.45. The Labute approximate surface area is 106 Å². The third-order valence-electron chi connectivity index (χ3n) is 3.45. The number of carboxylic acid groups (broad SMARTS) is 1. The molecule has 0 aromatic heterocycles. The van der Waals surface area contributed by atoms with E-state index < -0.39 is 12.1 Å². The average Bonchev–Trinajstić information content (AvgIpc) is 2.76. The van der Waals surface area contributed by atoms with E-state index in [1.807, 2.05) is 6.92 Å². The fraction of sp³-hybridized carbons (Fsp3) is 0.917. The van der Waals surface area contributed by atoms with Crippen LogP contribution in [-0.4, -0.2) is 71.7 Å². The number of ether oxygens (including phenoxy) is 2. The summed E-state index contributed by atoms with van der Waals surface area (Å²) in [6, 6.07) is 0. The monoisotopic (exact) mass is 259 g/mol. The van der Waals surface area contributed by atoms with E-state index in [1.165, 1.54) is 0 Å². The van der Waals surface area contributed by atoms with Crippen molar-refractivity contribution in [3.05, 3.63) is 0 Å². The molecule has 0 aromatic carbocycles. The Bertz CT molecular complexity index is 298. The number of hydrogen-bond donors (Lipinski definition) is 2. The maximum atomic E-state index is 10.8. The highest BCUT2D eigenvalue weighted by atomic mass is 16.5. The summed E-state index contributed by atoms with van der Waals surface area (Å²) in [5, 5.41) is 18.0. The topological polar surface area (TPSA) is 79.2 Å². The van der Waals surface area contributed by atoms with Gasteiger partial charge in [0.15, 0.2) is 6.10 Å². The molecule has 2 saturated heterocycles. The van der Waals surface area contributed by atoms with Gasteiger partial charge >= 0.3 is 5.97 Å². The van der Waals surface area contributed by atoms with Crippen molar-refractivity contribution >= 4 is 5.97 Å². The zero-order chi connectivity index (χ0) is 13.1. The molecule has 2 rings (SSSR count). The molecular weight excluding hydrogens is 238 g/mol. The van der Waals surface area contributed by atoms with Crippen LogP contribution in [0.2, 0.25) is 0 Å². The van der Waals surface area contributed by atoms with Crippen molar-refractivity contribution in [2.24, 2.45) is 0 Å². The summed E-state index contributed by atoms with van der Waals surface area (Å²) in [5.41, 5.74) is 0. The Hall–Kier alpha value is -0.690. The standard InChI is InChI=1S/C12H21NO5/c1-8-4-13(6-10(7-14)17-8)5-9-2-3-11(18-9)12(15)16/h8-11,14H,2-7H2,1H3,(H,15,16). The predicted octanol–water partition coefficient (Wildman–Crippen LogP) is -0.300. The highest BCUT2D eigenvalue weighted by Crippen LogP contribution is 2.22. The first-order chi connectivity index (χ1) is 8.58. The minimum Gasteiger partial charge on any atom is -0.479 e. The van der Waals surface area contributed by atoms with Crippen LogP contribution in [0.5, 0.6) is 0 Å². The van der Waals surface area contributed by atoms with E-state index in [0.29, 0.717) is 19.5 Å². The van der Waals surface area contributed by atoms with Gasteiger partial charge in [-0.2, -0.15) is 0 Å². The van der Waals surface area contributed by atoms with Crippen molar-refractivity contribution in [2.75, 3.05) is 26.2 Å². The Morgan fingerprint density at radius 1 is 1.28 bits per heavy atom. The maximum absolute atomic E-state index is 10.8. The van der Waals surface area contributed by atoms with Crippen molar-refractivity contribution in [1.82, 2.24) is 4.90 Å². The molecule has 6 nitrogen and oxygen atoms in total. The lowest BCUT2D eigenvalue weighted by Gasteiger charge is -2.37. The zero-order valence-electron chi connectivity index (χ0n) is 10.6. The van der Waals surface area contributed by atoms with Crippen LogP contribution in [0.25, 0.3) is 0 Å². The second-order valence-electron chi connectivity index (χ2n) is 5.13. The van der Waals surface area contributed by atoms with E-state index in [2.05, 4.69) is 4.90 Å². The van der Waals surface area contributed by atoms with Gasteiger partial charge in [0, 0.05) is 19.6 Å². The predicted molar refractivity (Wildman–Crippen MR) is 63.4 cm³/mol. The van der Waals surface area contributed by atoms with Crippen molar-refractivity contribution < 1.29 is 24.5 Å². The second kappa shape index (κ2) is 5.97. The fourth-order valence-electron chi connectivity index (χ4n) is 2.70. The number of carboxylic acids is 1. The Balaban J connectivity index is 1.81. The highest BCUT2D eigenvalue weighted by Gasteiger charge is 2.33. The van der Waals surface area contributed by atoms with Crippen LogP contribution in [0, 0.1) is 0 Å². The van der Waals surface area contributed by atoms with Crippen molar-refractivity contribution in [2.45, 2.75) is 44.2 Å². The van der Waals surface area contributed by atoms with Crippen LogP contribution in [0.15, 0.2) is 0 Å². The largest absolute Gasteiger partial charge is 0.479 e. The first kappa shape index (κ1) is 13.7. The second-order valence-corrected chi connectivity index (χ2v) is 5.13.